The monoisotopic (exact) mass is 177 g/mol. The van der Waals surface area contributed by atoms with E-state index in [0.29, 0.717) is 11.8 Å². The van der Waals surface area contributed by atoms with Crippen LogP contribution in [0.1, 0.15) is 33.6 Å². The molecule has 0 N–H and O–H groups in total. The Morgan fingerprint density at radius 2 is 1.69 bits per heavy atom. The zero-order chi connectivity index (χ0) is 10.1. The Kier molecular flexibility index (Phi) is 7.01. The summed E-state index contributed by atoms with van der Waals surface area (Å²) in [4.78, 5) is 0. The molecule has 0 spiro atoms. The van der Waals surface area contributed by atoms with Crippen molar-refractivity contribution < 1.29 is 0 Å². The van der Waals surface area contributed by atoms with Gasteiger partial charge in [0.1, 0.15) is 0 Å². The van der Waals surface area contributed by atoms with Gasteiger partial charge in [0.05, 0.1) is 6.07 Å². The summed E-state index contributed by atoms with van der Waals surface area (Å²) in [5, 5.41) is 8.31. The van der Waals surface area contributed by atoms with Gasteiger partial charge in [0, 0.05) is 6.08 Å². The third kappa shape index (κ3) is 6.16. The molecule has 0 saturated heterocycles. The highest BCUT2D eigenvalue weighted by molar-refractivity contribution is 5.02. The van der Waals surface area contributed by atoms with Crippen molar-refractivity contribution >= 4 is 0 Å². The Hall–Kier alpha value is -1.03. The second-order valence-corrected chi connectivity index (χ2v) is 3.53. The number of rotatable bonds is 5. The van der Waals surface area contributed by atoms with Gasteiger partial charge >= 0.3 is 0 Å². The van der Waals surface area contributed by atoms with Crippen molar-refractivity contribution in [2.75, 3.05) is 0 Å². The molecule has 0 amide bonds. The van der Waals surface area contributed by atoms with Gasteiger partial charge in [-0.2, -0.15) is 5.26 Å². The van der Waals surface area contributed by atoms with Crippen LogP contribution in [0.15, 0.2) is 24.3 Å². The predicted octanol–water partition coefficient (Wildman–Crippen LogP) is 3.69. The predicted molar refractivity (Wildman–Crippen MR) is 57.1 cm³/mol. The van der Waals surface area contributed by atoms with E-state index >= 15 is 0 Å². The van der Waals surface area contributed by atoms with Crippen molar-refractivity contribution in [1.82, 2.24) is 0 Å². The SMILES string of the molecule is C/C=C/CC(C)C(C)C/C=C/C#N. The highest BCUT2D eigenvalue weighted by atomic mass is 14.2. The first-order valence-electron chi connectivity index (χ1n) is 4.88. The fraction of sp³-hybridized carbons (Fsp3) is 0.583. The van der Waals surface area contributed by atoms with Crippen LogP contribution < -0.4 is 0 Å². The Labute approximate surface area is 81.8 Å². The molecule has 72 valence electrons. The van der Waals surface area contributed by atoms with Crippen molar-refractivity contribution in [1.29, 1.82) is 5.26 Å². The van der Waals surface area contributed by atoms with Crippen molar-refractivity contribution in [3.63, 3.8) is 0 Å². The number of allylic oxidation sites excluding steroid dienone is 4. The maximum Gasteiger partial charge on any atom is 0.0908 e. The van der Waals surface area contributed by atoms with Gasteiger partial charge in [0.25, 0.3) is 0 Å². The maximum atomic E-state index is 8.31. The smallest absolute Gasteiger partial charge is 0.0908 e. The molecule has 0 aliphatic rings. The lowest BCUT2D eigenvalue weighted by Crippen LogP contribution is -2.05. The molecule has 0 heterocycles. The Morgan fingerprint density at radius 1 is 1.15 bits per heavy atom. The van der Waals surface area contributed by atoms with Gasteiger partial charge in [-0.15, -0.1) is 0 Å². The van der Waals surface area contributed by atoms with E-state index in [4.69, 9.17) is 5.26 Å². The van der Waals surface area contributed by atoms with E-state index in [-0.39, 0.29) is 0 Å². The van der Waals surface area contributed by atoms with E-state index in [0.717, 1.165) is 12.8 Å². The molecule has 0 saturated carbocycles. The molecule has 1 heteroatoms. The van der Waals surface area contributed by atoms with Gasteiger partial charge in [-0.05, 0) is 31.6 Å². The molecule has 0 fully saturated rings. The molecule has 0 aromatic rings. The minimum Gasteiger partial charge on any atom is -0.193 e. The van der Waals surface area contributed by atoms with Crippen LogP contribution in [0.4, 0.5) is 0 Å². The van der Waals surface area contributed by atoms with Crippen LogP contribution in [0, 0.1) is 23.2 Å². The Bertz CT molecular complexity index is 208. The second-order valence-electron chi connectivity index (χ2n) is 3.53. The van der Waals surface area contributed by atoms with E-state index in [9.17, 15) is 0 Å². The molecule has 0 bridgehead atoms. The Morgan fingerprint density at radius 3 is 2.15 bits per heavy atom. The van der Waals surface area contributed by atoms with Gasteiger partial charge in [-0.25, -0.2) is 0 Å². The maximum absolute atomic E-state index is 8.31. The van der Waals surface area contributed by atoms with Gasteiger partial charge < -0.3 is 0 Å². The lowest BCUT2D eigenvalue weighted by molar-refractivity contribution is 0.395. The van der Waals surface area contributed by atoms with Gasteiger partial charge in [0.2, 0.25) is 0 Å². The minimum absolute atomic E-state index is 0.654. The highest BCUT2D eigenvalue weighted by Crippen LogP contribution is 2.19. The summed E-state index contributed by atoms with van der Waals surface area (Å²) in [6, 6.07) is 2.01. The molecule has 0 aliphatic carbocycles. The standard InChI is InChI=1S/C12H19N/c1-4-5-8-11(2)12(3)9-6-7-10-13/h4-7,11-12H,8-9H2,1-3H3/b5-4+,7-6+. The first-order chi connectivity index (χ1) is 6.22. The molecule has 0 rings (SSSR count). The third-order valence-electron chi connectivity index (χ3n) is 2.42. The molecule has 0 aromatic heterocycles. The summed E-state index contributed by atoms with van der Waals surface area (Å²) in [6.45, 7) is 6.54. The van der Waals surface area contributed by atoms with E-state index in [1.165, 1.54) is 0 Å². The second kappa shape index (κ2) is 7.61. The zero-order valence-corrected chi connectivity index (χ0v) is 8.83. The quantitative estimate of drug-likeness (QED) is 0.464. The third-order valence-corrected chi connectivity index (χ3v) is 2.42. The average molecular weight is 177 g/mol. The van der Waals surface area contributed by atoms with Crippen LogP contribution >= 0.6 is 0 Å². The first-order valence-corrected chi connectivity index (χ1v) is 4.88. The van der Waals surface area contributed by atoms with E-state index in [1.807, 2.05) is 19.1 Å². The number of hydrogen-bond donors (Lipinski definition) is 0. The lowest BCUT2D eigenvalue weighted by Gasteiger charge is -2.16. The number of nitrogens with zero attached hydrogens (tertiary/aromatic N) is 1. The summed E-state index contributed by atoms with van der Waals surface area (Å²) in [7, 11) is 0. The van der Waals surface area contributed by atoms with Crippen LogP contribution in [-0.2, 0) is 0 Å². The van der Waals surface area contributed by atoms with Crippen LogP contribution in [0.5, 0.6) is 0 Å². The molecule has 0 radical (unpaired) electrons. The van der Waals surface area contributed by atoms with E-state index in [1.54, 1.807) is 6.08 Å². The minimum atomic E-state index is 0.654. The number of nitriles is 1. The van der Waals surface area contributed by atoms with E-state index < -0.39 is 0 Å². The summed E-state index contributed by atoms with van der Waals surface area (Å²) in [5.41, 5.74) is 0. The molecule has 2 unspecified atom stereocenters. The molecule has 13 heavy (non-hydrogen) atoms. The fourth-order valence-corrected chi connectivity index (χ4v) is 1.15. The normalized spacial score (nSPS) is 16.2. The van der Waals surface area contributed by atoms with Crippen LogP contribution in [-0.4, -0.2) is 0 Å². The van der Waals surface area contributed by atoms with Crippen LogP contribution in [0.25, 0.3) is 0 Å². The number of hydrogen-bond acceptors (Lipinski definition) is 1. The molecule has 0 aliphatic heterocycles. The van der Waals surface area contributed by atoms with Crippen molar-refractivity contribution in [2.45, 2.75) is 33.6 Å². The van der Waals surface area contributed by atoms with Gasteiger partial charge in [0.15, 0.2) is 0 Å². The van der Waals surface area contributed by atoms with Crippen LogP contribution in [0.3, 0.4) is 0 Å². The molecule has 1 nitrogen and oxygen atoms in total. The largest absolute Gasteiger partial charge is 0.193 e. The van der Waals surface area contributed by atoms with Crippen molar-refractivity contribution in [3.8, 4) is 6.07 Å². The van der Waals surface area contributed by atoms with Crippen molar-refractivity contribution in [3.05, 3.63) is 24.3 Å². The summed E-state index contributed by atoms with van der Waals surface area (Å²) in [5.74, 6) is 1.35. The van der Waals surface area contributed by atoms with Gasteiger partial charge in [-0.1, -0.05) is 32.1 Å². The summed E-state index contributed by atoms with van der Waals surface area (Å²) < 4.78 is 0. The van der Waals surface area contributed by atoms with Gasteiger partial charge in [-0.3, -0.25) is 0 Å². The first kappa shape index (κ1) is 12.0. The van der Waals surface area contributed by atoms with E-state index in [2.05, 4.69) is 26.0 Å². The molecule has 2 atom stereocenters. The molecular formula is C12H19N. The fourth-order valence-electron chi connectivity index (χ4n) is 1.15. The van der Waals surface area contributed by atoms with Crippen molar-refractivity contribution in [2.24, 2.45) is 11.8 Å². The molecular weight excluding hydrogens is 158 g/mol. The summed E-state index contributed by atoms with van der Waals surface area (Å²) in [6.07, 6.45) is 9.96. The molecule has 0 aromatic carbocycles. The lowest BCUT2D eigenvalue weighted by atomic mass is 9.90. The topological polar surface area (TPSA) is 23.8 Å². The Balaban J connectivity index is 3.76. The average Bonchev–Trinajstić information content (AvgIpc) is 2.14. The summed E-state index contributed by atoms with van der Waals surface area (Å²) >= 11 is 0. The zero-order valence-electron chi connectivity index (χ0n) is 8.83. The highest BCUT2D eigenvalue weighted by Gasteiger charge is 2.08. The van der Waals surface area contributed by atoms with Crippen LogP contribution in [0.2, 0.25) is 0 Å².